The zero-order valence-corrected chi connectivity index (χ0v) is 18.6. The standard InChI is InChI=1S/C22H18BrN5O3/c1-25-19-18(20(29)26(2)22(25)30)27-12-17(13-5-4-6-16(11-13)31-3)28(21(27)24-19)15-9-7-14(23)8-10-15/h4-12H,1-3H3. The maximum Gasteiger partial charge on any atom is 0.332 e. The van der Waals surface area contributed by atoms with Crippen molar-refractivity contribution in [2.75, 3.05) is 7.11 Å². The van der Waals surface area contributed by atoms with Gasteiger partial charge in [-0.3, -0.25) is 22.9 Å². The van der Waals surface area contributed by atoms with Crippen LogP contribution < -0.4 is 16.0 Å². The molecule has 0 aliphatic carbocycles. The SMILES string of the molecule is COc1cccc(-c2cn3c4c(=O)n(C)c(=O)n(C)c4nc3n2-c2ccc(Br)cc2)c1. The van der Waals surface area contributed by atoms with Crippen LogP contribution in [-0.4, -0.2) is 30.2 Å². The molecule has 156 valence electrons. The van der Waals surface area contributed by atoms with Gasteiger partial charge in [0.2, 0.25) is 5.78 Å². The monoisotopic (exact) mass is 479 g/mol. The lowest BCUT2D eigenvalue weighted by atomic mass is 10.1. The van der Waals surface area contributed by atoms with Gasteiger partial charge in [0, 0.05) is 36.0 Å². The molecular formula is C22H18BrN5O3. The van der Waals surface area contributed by atoms with Gasteiger partial charge in [0.05, 0.1) is 12.8 Å². The van der Waals surface area contributed by atoms with Crippen LogP contribution in [0.5, 0.6) is 5.75 Å². The van der Waals surface area contributed by atoms with Gasteiger partial charge in [-0.25, -0.2) is 4.79 Å². The van der Waals surface area contributed by atoms with E-state index in [-0.39, 0.29) is 0 Å². The van der Waals surface area contributed by atoms with Gasteiger partial charge >= 0.3 is 5.69 Å². The molecule has 9 heteroatoms. The highest BCUT2D eigenvalue weighted by Crippen LogP contribution is 2.31. The average molecular weight is 480 g/mol. The Labute approximate surface area is 184 Å². The maximum atomic E-state index is 13.0. The van der Waals surface area contributed by atoms with Crippen LogP contribution in [0.4, 0.5) is 0 Å². The summed E-state index contributed by atoms with van der Waals surface area (Å²) in [5, 5.41) is 0. The fourth-order valence-electron chi connectivity index (χ4n) is 3.80. The molecule has 3 heterocycles. The number of nitrogens with zero attached hydrogens (tertiary/aromatic N) is 5. The first kappa shape index (κ1) is 19.4. The number of aryl methyl sites for hydroxylation is 1. The van der Waals surface area contributed by atoms with Gasteiger partial charge < -0.3 is 4.74 Å². The van der Waals surface area contributed by atoms with Gasteiger partial charge in [-0.2, -0.15) is 4.98 Å². The van der Waals surface area contributed by atoms with Crippen molar-refractivity contribution in [1.82, 2.24) is 23.1 Å². The number of hydrogen-bond donors (Lipinski definition) is 0. The molecule has 0 saturated heterocycles. The van der Waals surface area contributed by atoms with Crippen LogP contribution in [0.25, 0.3) is 33.9 Å². The Morgan fingerprint density at radius 3 is 2.45 bits per heavy atom. The summed E-state index contributed by atoms with van der Waals surface area (Å²) in [5.74, 6) is 1.26. The quantitative estimate of drug-likeness (QED) is 0.398. The first-order chi connectivity index (χ1) is 14.9. The molecule has 0 aliphatic heterocycles. The highest BCUT2D eigenvalue weighted by atomic mass is 79.9. The van der Waals surface area contributed by atoms with E-state index in [0.29, 0.717) is 16.9 Å². The van der Waals surface area contributed by atoms with Gasteiger partial charge in [0.15, 0.2) is 11.2 Å². The van der Waals surface area contributed by atoms with Crippen molar-refractivity contribution in [1.29, 1.82) is 0 Å². The first-order valence-electron chi connectivity index (χ1n) is 9.50. The fraction of sp³-hybridized carbons (Fsp3) is 0.136. The topological polar surface area (TPSA) is 75.5 Å². The van der Waals surface area contributed by atoms with E-state index in [9.17, 15) is 9.59 Å². The van der Waals surface area contributed by atoms with Crippen LogP contribution in [0.2, 0.25) is 0 Å². The van der Waals surface area contributed by atoms with E-state index >= 15 is 0 Å². The molecule has 2 aromatic carbocycles. The van der Waals surface area contributed by atoms with Gasteiger partial charge in [-0.15, -0.1) is 0 Å². The number of methoxy groups -OCH3 is 1. The van der Waals surface area contributed by atoms with Crippen molar-refractivity contribution in [3.05, 3.63) is 80.0 Å². The predicted octanol–water partition coefficient (Wildman–Crippen LogP) is 3.11. The van der Waals surface area contributed by atoms with Crippen LogP contribution in [0.15, 0.2) is 68.8 Å². The number of fused-ring (bicyclic) bond motifs is 3. The molecule has 0 bridgehead atoms. The number of imidazole rings is 2. The molecule has 3 aromatic heterocycles. The third-order valence-corrected chi connectivity index (χ3v) is 5.94. The molecule has 8 nitrogen and oxygen atoms in total. The summed E-state index contributed by atoms with van der Waals surface area (Å²) in [5.41, 5.74) is 2.49. The molecule has 5 rings (SSSR count). The second-order valence-electron chi connectivity index (χ2n) is 7.22. The Balaban J connectivity index is 1.95. The van der Waals surface area contributed by atoms with Crippen LogP contribution >= 0.6 is 15.9 Å². The summed E-state index contributed by atoms with van der Waals surface area (Å²) >= 11 is 3.48. The van der Waals surface area contributed by atoms with E-state index in [1.165, 1.54) is 11.6 Å². The third-order valence-electron chi connectivity index (χ3n) is 5.42. The number of rotatable bonds is 3. The molecule has 0 radical (unpaired) electrons. The van der Waals surface area contributed by atoms with Gasteiger partial charge in [-0.05, 0) is 36.4 Å². The fourth-order valence-corrected chi connectivity index (χ4v) is 4.07. The van der Waals surface area contributed by atoms with Crippen molar-refractivity contribution in [2.24, 2.45) is 14.1 Å². The molecule has 0 unspecified atom stereocenters. The minimum Gasteiger partial charge on any atom is -0.497 e. The molecule has 0 aliphatic rings. The first-order valence-corrected chi connectivity index (χ1v) is 10.3. The molecular weight excluding hydrogens is 462 g/mol. The smallest absolute Gasteiger partial charge is 0.332 e. The third kappa shape index (κ3) is 2.84. The Morgan fingerprint density at radius 1 is 1.00 bits per heavy atom. The summed E-state index contributed by atoms with van der Waals surface area (Å²) in [4.78, 5) is 30.1. The summed E-state index contributed by atoms with van der Waals surface area (Å²) in [7, 11) is 4.71. The highest BCUT2D eigenvalue weighted by Gasteiger charge is 2.21. The number of hydrogen-bond acceptors (Lipinski definition) is 4. The second-order valence-corrected chi connectivity index (χ2v) is 8.13. The van der Waals surface area contributed by atoms with Crippen LogP contribution in [-0.2, 0) is 14.1 Å². The summed E-state index contributed by atoms with van der Waals surface area (Å²) in [6, 6.07) is 15.5. The molecule has 5 aromatic rings. The lowest BCUT2D eigenvalue weighted by Gasteiger charge is -2.10. The van der Waals surface area contributed by atoms with E-state index in [1.54, 1.807) is 18.6 Å². The second kappa shape index (κ2) is 6.98. The Morgan fingerprint density at radius 2 is 1.74 bits per heavy atom. The van der Waals surface area contributed by atoms with Gasteiger partial charge in [-0.1, -0.05) is 28.1 Å². The number of halogens is 1. The molecule has 0 saturated carbocycles. The van der Waals surface area contributed by atoms with Crippen molar-refractivity contribution in [3.63, 3.8) is 0 Å². The van der Waals surface area contributed by atoms with E-state index in [4.69, 9.17) is 9.72 Å². The van der Waals surface area contributed by atoms with E-state index in [0.717, 1.165) is 31.7 Å². The van der Waals surface area contributed by atoms with E-state index < -0.39 is 11.2 Å². The van der Waals surface area contributed by atoms with Crippen molar-refractivity contribution in [2.45, 2.75) is 0 Å². The van der Waals surface area contributed by atoms with Gasteiger partial charge in [0.1, 0.15) is 5.75 Å². The van der Waals surface area contributed by atoms with Crippen LogP contribution in [0.1, 0.15) is 0 Å². The minimum atomic E-state index is -0.415. The average Bonchev–Trinajstić information content (AvgIpc) is 3.33. The van der Waals surface area contributed by atoms with Crippen LogP contribution in [0.3, 0.4) is 0 Å². The molecule has 0 amide bonds. The zero-order chi connectivity index (χ0) is 21.9. The van der Waals surface area contributed by atoms with Gasteiger partial charge in [0.25, 0.3) is 5.56 Å². The van der Waals surface area contributed by atoms with Crippen LogP contribution in [0, 0.1) is 0 Å². The summed E-state index contributed by atoms with van der Waals surface area (Å²) < 4.78 is 12.5. The minimum absolute atomic E-state index is 0.339. The number of aromatic nitrogens is 5. The number of ether oxygens (including phenoxy) is 1. The van der Waals surface area contributed by atoms with E-state index in [2.05, 4.69) is 15.9 Å². The maximum absolute atomic E-state index is 13.0. The Hall–Kier alpha value is -3.59. The summed E-state index contributed by atoms with van der Waals surface area (Å²) in [6.45, 7) is 0. The largest absolute Gasteiger partial charge is 0.497 e. The van der Waals surface area contributed by atoms with Crippen molar-refractivity contribution >= 4 is 32.9 Å². The number of benzene rings is 2. The zero-order valence-electron chi connectivity index (χ0n) is 17.0. The molecule has 0 spiro atoms. The molecule has 0 fully saturated rings. The van der Waals surface area contributed by atoms with Crippen molar-refractivity contribution in [3.8, 4) is 22.7 Å². The Kier molecular flexibility index (Phi) is 4.37. The highest BCUT2D eigenvalue weighted by molar-refractivity contribution is 9.10. The molecule has 0 N–H and O–H groups in total. The lowest BCUT2D eigenvalue weighted by Crippen LogP contribution is -2.37. The molecule has 31 heavy (non-hydrogen) atoms. The lowest BCUT2D eigenvalue weighted by molar-refractivity contribution is 0.415. The molecule has 0 atom stereocenters. The van der Waals surface area contributed by atoms with E-state index in [1.807, 2.05) is 59.3 Å². The Bertz CT molecular complexity index is 1590. The summed E-state index contributed by atoms with van der Waals surface area (Å²) in [6.07, 6.45) is 1.87. The normalized spacial score (nSPS) is 11.5. The predicted molar refractivity (Wildman–Crippen MR) is 122 cm³/mol. The van der Waals surface area contributed by atoms with Crippen molar-refractivity contribution < 1.29 is 4.74 Å².